The molecule has 0 aliphatic rings. The molecule has 6 heterocycles. The van der Waals surface area contributed by atoms with Crippen LogP contribution in [0.25, 0.3) is 111 Å². The van der Waals surface area contributed by atoms with Crippen molar-refractivity contribution in [2.75, 3.05) is 0 Å². The third kappa shape index (κ3) is 13.8. The van der Waals surface area contributed by atoms with Crippen molar-refractivity contribution >= 4 is 43.1 Å². The van der Waals surface area contributed by atoms with E-state index in [2.05, 4.69) is 153 Å². The summed E-state index contributed by atoms with van der Waals surface area (Å²) in [6.45, 7) is 0. The van der Waals surface area contributed by atoms with Crippen LogP contribution in [-0.4, -0.2) is 29.9 Å². The van der Waals surface area contributed by atoms with Gasteiger partial charge in [0.15, 0.2) is 0 Å². The second-order valence-electron chi connectivity index (χ2n) is 16.3. The van der Waals surface area contributed by atoms with Crippen LogP contribution in [0.15, 0.2) is 231 Å². The number of aromatic nitrogens is 6. The molecule has 14 nitrogen and oxygen atoms in total. The number of benzene rings is 6. The average molecular weight is 1080 g/mol. The van der Waals surface area contributed by atoms with Gasteiger partial charge in [-0.3, -0.25) is 19.9 Å². The fourth-order valence-electron chi connectivity index (χ4n) is 8.58. The van der Waals surface area contributed by atoms with Gasteiger partial charge < -0.3 is 0 Å². The molecule has 0 aliphatic carbocycles. The molecule has 0 unspecified atom stereocenters. The predicted molar refractivity (Wildman–Crippen MR) is 262 cm³/mol. The molecule has 12 rings (SSSR count). The smallest absolute Gasteiger partial charge is 0.255 e. The van der Waals surface area contributed by atoms with Crippen LogP contribution in [0.4, 0.5) is 0 Å². The maximum Gasteiger partial charge on any atom is 2.00 e. The zero-order valence-corrected chi connectivity index (χ0v) is 41.4. The van der Waals surface area contributed by atoms with Gasteiger partial charge >= 0.3 is 17.1 Å². The first-order valence-electron chi connectivity index (χ1n) is 22.5. The van der Waals surface area contributed by atoms with Crippen LogP contribution >= 0.6 is 0 Å². The van der Waals surface area contributed by atoms with Gasteiger partial charge in [-0.2, -0.15) is 0 Å². The van der Waals surface area contributed by atoms with Crippen molar-refractivity contribution in [2.24, 2.45) is 0 Å². The first kappa shape index (κ1) is 53.3. The quantitative estimate of drug-likeness (QED) is 0.159. The summed E-state index contributed by atoms with van der Waals surface area (Å²) in [6, 6.07) is 70.9. The van der Waals surface area contributed by atoms with Gasteiger partial charge in [-0.25, -0.2) is 47.2 Å². The van der Waals surface area contributed by atoms with Crippen molar-refractivity contribution in [3.05, 3.63) is 231 Å². The van der Waals surface area contributed by atoms with E-state index in [-0.39, 0.29) is 17.1 Å². The summed E-state index contributed by atoms with van der Waals surface area (Å²) in [4.78, 5) is 28.1. The van der Waals surface area contributed by atoms with Gasteiger partial charge in [0.25, 0.3) is 0 Å². The van der Waals surface area contributed by atoms with E-state index >= 15 is 0 Å². The van der Waals surface area contributed by atoms with Crippen molar-refractivity contribution < 1.29 is 74.8 Å². The molecule has 1 radical (unpaired) electrons. The van der Waals surface area contributed by atoms with Gasteiger partial charge in [0.05, 0.1) is 45.6 Å². The van der Waals surface area contributed by atoms with Gasteiger partial charge in [-0.1, -0.05) is 121 Å². The van der Waals surface area contributed by atoms with Gasteiger partial charge in [0.2, 0.25) is 0 Å². The van der Waals surface area contributed by atoms with Crippen LogP contribution in [0.5, 0.6) is 0 Å². The average Bonchev–Trinajstić information content (AvgIpc) is 3.41. The first-order chi connectivity index (χ1) is 35.7. The zero-order valence-electron chi connectivity index (χ0n) is 38.9. The Bertz CT molecular complexity index is 3370. The number of nitrogens with zero attached hydrogens (tertiary/aromatic N) is 6. The number of fused-ring (bicyclic) bond motifs is 4. The Kier molecular flexibility index (Phi) is 17.0. The fourth-order valence-corrected chi connectivity index (χ4v) is 8.58. The molecular formula is C58H38Cl2CuN6O8. The van der Waals surface area contributed by atoms with E-state index in [1.165, 1.54) is 54.2 Å². The number of pyridine rings is 6. The van der Waals surface area contributed by atoms with E-state index in [1.54, 1.807) is 24.8 Å². The van der Waals surface area contributed by atoms with Crippen molar-refractivity contribution in [1.29, 1.82) is 0 Å². The minimum atomic E-state index is -4.94. The summed E-state index contributed by atoms with van der Waals surface area (Å²) in [5.41, 5.74) is 11.3. The SMILES string of the molecule is [Cu+2].[O-][Cl+3]([O-])([O-])[O-].[O-][Cl+3]([O-])([O-])[O-].c1ccc(-c2cc(-c3c4ccccc4cc4ccccc34)cc(-c3ccccn3)n2)nc1.c1ccc(-c2cc(-c3c4ccccc4cc4ccccc34)cc(-c3ccccn3)n2)nc1. The number of hydrogen-bond donors (Lipinski definition) is 0. The van der Waals surface area contributed by atoms with E-state index in [4.69, 9.17) is 47.2 Å². The van der Waals surface area contributed by atoms with Crippen molar-refractivity contribution in [3.8, 4) is 67.8 Å². The third-order valence-corrected chi connectivity index (χ3v) is 11.5. The number of rotatable bonds is 6. The van der Waals surface area contributed by atoms with Gasteiger partial charge in [0, 0.05) is 24.8 Å². The van der Waals surface area contributed by atoms with Gasteiger partial charge in [-0.15, -0.1) is 20.5 Å². The van der Waals surface area contributed by atoms with Crippen LogP contribution in [0.2, 0.25) is 0 Å². The Morgan fingerprint density at radius 2 is 0.467 bits per heavy atom. The van der Waals surface area contributed by atoms with Crippen molar-refractivity contribution in [1.82, 2.24) is 29.9 Å². The minimum absolute atomic E-state index is 0. The summed E-state index contributed by atoms with van der Waals surface area (Å²) in [5, 5.41) is 9.75. The minimum Gasteiger partial charge on any atom is -0.255 e. The molecule has 0 fully saturated rings. The molecule has 0 saturated heterocycles. The molecule has 0 bridgehead atoms. The summed E-state index contributed by atoms with van der Waals surface area (Å²) in [6.07, 6.45) is 7.21. The van der Waals surface area contributed by atoms with Crippen LogP contribution in [0, 0.1) is 20.5 Å². The van der Waals surface area contributed by atoms with Gasteiger partial charge in [0.1, 0.15) is 0 Å². The summed E-state index contributed by atoms with van der Waals surface area (Å²) in [7, 11) is -9.89. The van der Waals surface area contributed by atoms with Crippen LogP contribution in [0.3, 0.4) is 0 Å². The second-order valence-corrected chi connectivity index (χ2v) is 17.8. The molecule has 17 heteroatoms. The molecule has 75 heavy (non-hydrogen) atoms. The normalized spacial score (nSPS) is 11.1. The summed E-state index contributed by atoms with van der Waals surface area (Å²) in [5.74, 6) is 0. The van der Waals surface area contributed by atoms with E-state index in [0.717, 1.165) is 56.7 Å². The monoisotopic (exact) mass is 1080 g/mol. The Morgan fingerprint density at radius 3 is 0.680 bits per heavy atom. The summed E-state index contributed by atoms with van der Waals surface area (Å²) >= 11 is 0. The predicted octanol–water partition coefficient (Wildman–Crippen LogP) is 4.84. The van der Waals surface area contributed by atoms with E-state index in [9.17, 15) is 0 Å². The Hall–Kier alpha value is -7.96. The van der Waals surface area contributed by atoms with Crippen LogP contribution < -0.4 is 37.3 Å². The number of hydrogen-bond acceptors (Lipinski definition) is 14. The molecule has 6 aromatic heterocycles. The number of halogens is 2. The van der Waals surface area contributed by atoms with Gasteiger partial charge in [-0.05, 0) is 150 Å². The summed E-state index contributed by atoms with van der Waals surface area (Å²) < 4.78 is 67.9. The zero-order chi connectivity index (χ0) is 51.7. The molecule has 373 valence electrons. The topological polar surface area (TPSA) is 262 Å². The Labute approximate surface area is 444 Å². The van der Waals surface area contributed by atoms with E-state index in [0.29, 0.717) is 0 Å². The molecule has 0 atom stereocenters. The molecule has 0 amide bonds. The van der Waals surface area contributed by atoms with Crippen LogP contribution in [0.1, 0.15) is 0 Å². The fraction of sp³-hybridized carbons (Fsp3) is 0. The maximum atomic E-state index is 8.49. The molecular weight excluding hydrogens is 1040 g/mol. The van der Waals surface area contributed by atoms with Crippen molar-refractivity contribution in [3.63, 3.8) is 0 Å². The largest absolute Gasteiger partial charge is 2.00 e. The van der Waals surface area contributed by atoms with Crippen molar-refractivity contribution in [2.45, 2.75) is 0 Å². The molecule has 0 aliphatic heterocycles. The van der Waals surface area contributed by atoms with E-state index < -0.39 is 20.5 Å². The molecule has 0 N–H and O–H groups in total. The van der Waals surface area contributed by atoms with Crippen LogP contribution in [-0.2, 0) is 17.1 Å². The molecule has 12 aromatic rings. The second kappa shape index (κ2) is 23.9. The Balaban J connectivity index is 0.000000167. The Morgan fingerprint density at radius 1 is 0.253 bits per heavy atom. The third-order valence-electron chi connectivity index (χ3n) is 11.5. The van der Waals surface area contributed by atoms with E-state index in [1.807, 2.05) is 72.8 Å². The maximum absolute atomic E-state index is 8.49. The molecule has 0 spiro atoms. The first-order valence-corrected chi connectivity index (χ1v) is 25.0. The standard InChI is InChI=1S/2C29H19N3.2ClHO4.Cu/c2*1-3-11-23-20(9-1)17-21-10-2-4-12-24(21)29(23)22-18-27(25-13-5-7-15-30-25)32-28(19-22)26-14-6-8-16-31-26;2*2-1(3,4)5;/h2*1-19H;2*(H,2,3,4,5);/q;;;;+2/p-2. The molecule has 0 saturated carbocycles. The molecule has 6 aromatic carbocycles.